The molecule has 0 spiro atoms. The lowest BCUT2D eigenvalue weighted by Crippen LogP contribution is -2.34. The van der Waals surface area contributed by atoms with Crippen LogP contribution in [0.2, 0.25) is 5.02 Å². The van der Waals surface area contributed by atoms with Gasteiger partial charge in [0.25, 0.3) is 11.6 Å². The van der Waals surface area contributed by atoms with E-state index in [1.54, 1.807) is 18.2 Å². The van der Waals surface area contributed by atoms with Gasteiger partial charge in [-0.1, -0.05) is 41.4 Å². The molecule has 0 saturated carbocycles. The zero-order chi connectivity index (χ0) is 20.8. The average molecular weight is 487 g/mol. The molecule has 28 heavy (non-hydrogen) atoms. The summed E-state index contributed by atoms with van der Waals surface area (Å²) >= 11 is 14.5. The first-order chi connectivity index (χ1) is 13.2. The quantitative estimate of drug-likeness (QED) is 0.332. The van der Waals surface area contributed by atoms with E-state index in [0.29, 0.717) is 34.0 Å². The van der Waals surface area contributed by atoms with Gasteiger partial charge in [-0.25, -0.2) is 0 Å². The Hall–Kier alpha value is -2.23. The molecule has 1 amide bonds. The highest BCUT2D eigenvalue weighted by atomic mass is 79.9. The van der Waals surface area contributed by atoms with Gasteiger partial charge in [-0.05, 0) is 42.4 Å². The number of benzene rings is 2. The second-order valence-corrected chi connectivity index (χ2v) is 7.91. The van der Waals surface area contributed by atoms with Crippen LogP contribution in [-0.4, -0.2) is 22.5 Å². The number of rotatable bonds is 6. The van der Waals surface area contributed by atoms with Gasteiger partial charge in [-0.3, -0.25) is 20.2 Å². The Balaban J connectivity index is 2.11. The number of carbonyl (C=O) groups excluding carboxylic acids is 1. The number of nitro groups is 1. The third kappa shape index (κ3) is 6.15. The average Bonchev–Trinajstić information content (AvgIpc) is 2.61. The van der Waals surface area contributed by atoms with E-state index in [4.69, 9.17) is 28.6 Å². The van der Waals surface area contributed by atoms with Gasteiger partial charge in [0, 0.05) is 16.6 Å². The molecule has 2 aromatic rings. The fourth-order valence-corrected chi connectivity index (χ4v) is 2.89. The molecule has 2 aromatic carbocycles. The van der Waals surface area contributed by atoms with Crippen LogP contribution < -0.4 is 15.4 Å². The number of amides is 1. The second kappa shape index (κ2) is 9.81. The summed E-state index contributed by atoms with van der Waals surface area (Å²) in [5.74, 6) is 0.271. The van der Waals surface area contributed by atoms with E-state index >= 15 is 0 Å². The summed E-state index contributed by atoms with van der Waals surface area (Å²) in [6.07, 6.45) is 0. The maximum atomic E-state index is 12.6. The highest BCUT2D eigenvalue weighted by molar-refractivity contribution is 9.10. The maximum Gasteiger partial charge on any atom is 0.271 e. The zero-order valence-electron chi connectivity index (χ0n) is 15.0. The van der Waals surface area contributed by atoms with Gasteiger partial charge < -0.3 is 10.1 Å². The van der Waals surface area contributed by atoms with Crippen LogP contribution in [0.15, 0.2) is 40.9 Å². The van der Waals surface area contributed by atoms with Crippen molar-refractivity contribution in [2.45, 2.75) is 13.8 Å². The molecule has 0 saturated heterocycles. The summed E-state index contributed by atoms with van der Waals surface area (Å²) in [6.45, 7) is 4.47. The van der Waals surface area contributed by atoms with Gasteiger partial charge in [0.15, 0.2) is 5.11 Å². The molecule has 0 aromatic heterocycles. The lowest BCUT2D eigenvalue weighted by Gasteiger charge is -2.15. The van der Waals surface area contributed by atoms with Crippen molar-refractivity contribution in [3.05, 3.63) is 61.6 Å². The first-order valence-corrected chi connectivity index (χ1v) is 9.74. The van der Waals surface area contributed by atoms with Crippen molar-refractivity contribution in [3.8, 4) is 5.75 Å². The minimum Gasteiger partial charge on any atom is -0.492 e. The SMILES string of the molecule is CC(C)COc1ccc(Br)cc1C(=O)NC(=S)Nc1ccc([N+](=O)[O-])cc1Cl. The van der Waals surface area contributed by atoms with E-state index in [1.165, 1.54) is 18.2 Å². The number of carbonyl (C=O) groups is 1. The van der Waals surface area contributed by atoms with Crippen molar-refractivity contribution in [2.24, 2.45) is 5.92 Å². The lowest BCUT2D eigenvalue weighted by atomic mass is 10.2. The summed E-state index contributed by atoms with van der Waals surface area (Å²) in [4.78, 5) is 22.8. The Kier molecular flexibility index (Phi) is 7.73. The predicted octanol–water partition coefficient (Wildman–Crippen LogP) is 5.17. The molecular weight excluding hydrogens is 470 g/mol. The summed E-state index contributed by atoms with van der Waals surface area (Å²) in [5, 5.41) is 16.2. The summed E-state index contributed by atoms with van der Waals surface area (Å²) in [5.41, 5.74) is 0.503. The molecule has 10 heteroatoms. The van der Waals surface area contributed by atoms with E-state index in [1.807, 2.05) is 13.8 Å². The molecule has 0 aliphatic heterocycles. The lowest BCUT2D eigenvalue weighted by molar-refractivity contribution is -0.384. The Morgan fingerprint density at radius 1 is 1.32 bits per heavy atom. The summed E-state index contributed by atoms with van der Waals surface area (Å²) in [6, 6.07) is 9.00. The highest BCUT2D eigenvalue weighted by Gasteiger charge is 2.16. The number of ether oxygens (including phenoxy) is 1. The number of thiocarbonyl (C=S) groups is 1. The van der Waals surface area contributed by atoms with Gasteiger partial charge in [-0.15, -0.1) is 0 Å². The predicted molar refractivity (Wildman–Crippen MR) is 116 cm³/mol. The minimum atomic E-state index is -0.554. The molecule has 148 valence electrons. The van der Waals surface area contributed by atoms with Crippen molar-refractivity contribution in [1.82, 2.24) is 5.32 Å². The smallest absolute Gasteiger partial charge is 0.271 e. The number of hydrogen-bond acceptors (Lipinski definition) is 5. The third-order valence-electron chi connectivity index (χ3n) is 3.40. The largest absolute Gasteiger partial charge is 0.492 e. The standard InChI is InChI=1S/C18H17BrClN3O4S/c1-10(2)9-27-16-6-3-11(19)7-13(16)17(24)22-18(28)21-15-5-4-12(23(25)26)8-14(15)20/h3-8,10H,9H2,1-2H3,(H2,21,22,24,28). The van der Waals surface area contributed by atoms with Crippen LogP contribution in [0.4, 0.5) is 11.4 Å². The second-order valence-electron chi connectivity index (χ2n) is 6.17. The molecular formula is C18H17BrClN3O4S. The van der Waals surface area contributed by atoms with E-state index in [0.717, 1.165) is 0 Å². The first kappa shape index (κ1) is 22.1. The molecule has 0 unspecified atom stereocenters. The molecule has 0 bridgehead atoms. The maximum absolute atomic E-state index is 12.6. The third-order valence-corrected chi connectivity index (χ3v) is 4.41. The minimum absolute atomic E-state index is 0.00413. The van der Waals surface area contributed by atoms with Crippen LogP contribution in [-0.2, 0) is 0 Å². The van der Waals surface area contributed by atoms with Gasteiger partial charge in [-0.2, -0.15) is 0 Å². The van der Waals surface area contributed by atoms with Crippen molar-refractivity contribution in [1.29, 1.82) is 0 Å². The van der Waals surface area contributed by atoms with Crippen LogP contribution >= 0.6 is 39.7 Å². The fourth-order valence-electron chi connectivity index (χ4n) is 2.10. The first-order valence-electron chi connectivity index (χ1n) is 8.16. The van der Waals surface area contributed by atoms with Crippen LogP contribution in [0.5, 0.6) is 5.75 Å². The number of nitro benzene ring substituents is 1. The summed E-state index contributed by atoms with van der Waals surface area (Å²) in [7, 11) is 0. The molecule has 0 fully saturated rings. The number of nitrogens with zero attached hydrogens (tertiary/aromatic N) is 1. The monoisotopic (exact) mass is 485 g/mol. The molecule has 7 nitrogen and oxygen atoms in total. The molecule has 0 heterocycles. The molecule has 2 N–H and O–H groups in total. The van der Waals surface area contributed by atoms with Crippen molar-refractivity contribution >= 4 is 62.1 Å². The fraction of sp³-hybridized carbons (Fsp3) is 0.222. The van der Waals surface area contributed by atoms with Gasteiger partial charge in [0.2, 0.25) is 0 Å². The zero-order valence-corrected chi connectivity index (χ0v) is 18.2. The molecule has 0 atom stereocenters. The van der Waals surface area contributed by atoms with E-state index in [9.17, 15) is 14.9 Å². The van der Waals surface area contributed by atoms with Crippen LogP contribution in [0, 0.1) is 16.0 Å². The van der Waals surface area contributed by atoms with Crippen molar-refractivity contribution in [2.75, 3.05) is 11.9 Å². The summed E-state index contributed by atoms with van der Waals surface area (Å²) < 4.78 is 6.41. The molecule has 0 aliphatic rings. The number of nitrogens with one attached hydrogen (secondary N) is 2. The van der Waals surface area contributed by atoms with Crippen molar-refractivity contribution < 1.29 is 14.5 Å². The topological polar surface area (TPSA) is 93.5 Å². The van der Waals surface area contributed by atoms with Crippen LogP contribution in [0.3, 0.4) is 0 Å². The van der Waals surface area contributed by atoms with Crippen LogP contribution in [0.25, 0.3) is 0 Å². The van der Waals surface area contributed by atoms with E-state index < -0.39 is 10.8 Å². The molecule has 0 radical (unpaired) electrons. The van der Waals surface area contributed by atoms with E-state index in [2.05, 4.69) is 26.6 Å². The van der Waals surface area contributed by atoms with Crippen molar-refractivity contribution in [3.63, 3.8) is 0 Å². The van der Waals surface area contributed by atoms with Gasteiger partial charge in [0.1, 0.15) is 5.75 Å². The Labute approximate surface area is 180 Å². The van der Waals surface area contributed by atoms with Crippen LogP contribution in [0.1, 0.15) is 24.2 Å². The van der Waals surface area contributed by atoms with E-state index in [-0.39, 0.29) is 15.8 Å². The van der Waals surface area contributed by atoms with Gasteiger partial charge in [0.05, 0.1) is 27.8 Å². The Morgan fingerprint density at radius 2 is 2.04 bits per heavy atom. The number of anilines is 1. The Morgan fingerprint density at radius 3 is 2.64 bits per heavy atom. The highest BCUT2D eigenvalue weighted by Crippen LogP contribution is 2.27. The number of halogens is 2. The van der Waals surface area contributed by atoms with Gasteiger partial charge >= 0.3 is 0 Å². The normalized spacial score (nSPS) is 10.5. The number of non-ortho nitro benzene ring substituents is 1. The molecule has 2 rings (SSSR count). The molecule has 0 aliphatic carbocycles. The number of hydrogen-bond donors (Lipinski definition) is 2. The Bertz CT molecular complexity index is 924.